The number of anilines is 1. The molecule has 1 aromatic carbocycles. The fourth-order valence-corrected chi connectivity index (χ4v) is 1.97. The number of methoxy groups -OCH3 is 1. The van der Waals surface area contributed by atoms with Gasteiger partial charge in [-0.15, -0.1) is 0 Å². The minimum absolute atomic E-state index is 0.222. The number of imidazole rings is 1. The van der Waals surface area contributed by atoms with E-state index in [9.17, 15) is 4.79 Å². The highest BCUT2D eigenvalue weighted by Crippen LogP contribution is 2.15. The Kier molecular flexibility index (Phi) is 3.09. The molecule has 0 aliphatic rings. The zero-order valence-electron chi connectivity index (χ0n) is 10.9. The Morgan fingerprint density at radius 1 is 1.25 bits per heavy atom. The first-order valence-electron chi connectivity index (χ1n) is 6.15. The van der Waals surface area contributed by atoms with Crippen molar-refractivity contribution in [2.75, 3.05) is 12.4 Å². The highest BCUT2D eigenvalue weighted by molar-refractivity contribution is 6.03. The lowest BCUT2D eigenvalue weighted by Gasteiger charge is -2.05. The van der Waals surface area contributed by atoms with E-state index in [1.807, 2.05) is 28.8 Å². The van der Waals surface area contributed by atoms with Crippen molar-refractivity contribution in [3.05, 3.63) is 60.4 Å². The third kappa shape index (κ3) is 2.21. The second-order valence-corrected chi connectivity index (χ2v) is 4.26. The van der Waals surface area contributed by atoms with E-state index in [-0.39, 0.29) is 5.91 Å². The molecule has 0 spiro atoms. The average Bonchev–Trinajstić information content (AvgIpc) is 2.90. The molecule has 0 fully saturated rings. The number of nitrogens with one attached hydrogen (secondary N) is 1. The molecule has 0 saturated carbocycles. The Labute approximate surface area is 115 Å². The quantitative estimate of drug-likeness (QED) is 0.793. The molecule has 0 aliphatic carbocycles. The van der Waals surface area contributed by atoms with Crippen molar-refractivity contribution in [1.29, 1.82) is 0 Å². The number of aromatic nitrogens is 2. The molecule has 3 aromatic rings. The third-order valence-electron chi connectivity index (χ3n) is 3.00. The van der Waals surface area contributed by atoms with Gasteiger partial charge in [-0.05, 0) is 30.3 Å². The summed E-state index contributed by atoms with van der Waals surface area (Å²) in [5.41, 5.74) is 1.45. The Bertz CT molecular complexity index is 764. The van der Waals surface area contributed by atoms with Crippen LogP contribution in [0, 0.1) is 0 Å². The van der Waals surface area contributed by atoms with Crippen LogP contribution in [0.5, 0.6) is 5.75 Å². The van der Waals surface area contributed by atoms with Gasteiger partial charge in [-0.2, -0.15) is 0 Å². The summed E-state index contributed by atoms with van der Waals surface area (Å²) in [6, 6.07) is 12.7. The van der Waals surface area contributed by atoms with E-state index in [0.717, 1.165) is 5.52 Å². The zero-order valence-corrected chi connectivity index (χ0v) is 10.9. The fourth-order valence-electron chi connectivity index (χ4n) is 1.97. The van der Waals surface area contributed by atoms with Gasteiger partial charge in [0.2, 0.25) is 5.95 Å². The van der Waals surface area contributed by atoms with Gasteiger partial charge >= 0.3 is 0 Å². The van der Waals surface area contributed by atoms with E-state index in [0.29, 0.717) is 17.3 Å². The lowest BCUT2D eigenvalue weighted by Crippen LogP contribution is -2.14. The third-order valence-corrected chi connectivity index (χ3v) is 3.00. The van der Waals surface area contributed by atoms with Gasteiger partial charge in [0, 0.05) is 11.8 Å². The average molecular weight is 267 g/mol. The summed E-state index contributed by atoms with van der Waals surface area (Å²) in [7, 11) is 1.57. The van der Waals surface area contributed by atoms with Gasteiger partial charge in [-0.3, -0.25) is 14.5 Å². The monoisotopic (exact) mass is 267 g/mol. The molecule has 0 unspecified atom stereocenters. The zero-order chi connectivity index (χ0) is 13.9. The molecule has 2 aromatic heterocycles. The fraction of sp³-hybridized carbons (Fsp3) is 0.0667. The minimum atomic E-state index is -0.222. The van der Waals surface area contributed by atoms with Gasteiger partial charge in [-0.25, -0.2) is 4.98 Å². The van der Waals surface area contributed by atoms with Crippen molar-refractivity contribution in [3.63, 3.8) is 0 Å². The molecule has 0 atom stereocenters. The standard InChI is InChI=1S/C15H13N3O2/c1-20-13-7-4-5-11(9-13)14(19)17-15-16-10-12-6-2-3-8-18(12)15/h2-10H,1H3,(H,16,17,19). The topological polar surface area (TPSA) is 55.6 Å². The molecule has 0 bridgehead atoms. The maximum atomic E-state index is 12.2. The van der Waals surface area contributed by atoms with Crippen molar-refractivity contribution < 1.29 is 9.53 Å². The first kappa shape index (κ1) is 12.2. The summed E-state index contributed by atoms with van der Waals surface area (Å²) in [5.74, 6) is 0.916. The number of carbonyl (C=O) groups excluding carboxylic acids is 1. The van der Waals surface area contributed by atoms with E-state index in [4.69, 9.17) is 4.74 Å². The van der Waals surface area contributed by atoms with Crippen LogP contribution in [-0.4, -0.2) is 22.4 Å². The summed E-state index contributed by atoms with van der Waals surface area (Å²) in [4.78, 5) is 16.4. The molecule has 1 N–H and O–H groups in total. The van der Waals surface area contributed by atoms with Crippen LogP contribution in [-0.2, 0) is 0 Å². The Morgan fingerprint density at radius 3 is 3.00 bits per heavy atom. The number of rotatable bonds is 3. The van der Waals surface area contributed by atoms with E-state index < -0.39 is 0 Å². The second-order valence-electron chi connectivity index (χ2n) is 4.26. The minimum Gasteiger partial charge on any atom is -0.497 e. The molecule has 0 radical (unpaired) electrons. The number of nitrogens with zero attached hydrogens (tertiary/aromatic N) is 2. The molecular formula is C15H13N3O2. The van der Waals surface area contributed by atoms with Crippen molar-refractivity contribution in [1.82, 2.24) is 9.38 Å². The molecule has 100 valence electrons. The number of hydrogen-bond donors (Lipinski definition) is 1. The summed E-state index contributed by atoms with van der Waals surface area (Å²) < 4.78 is 6.93. The highest BCUT2D eigenvalue weighted by Gasteiger charge is 2.10. The number of ether oxygens (including phenoxy) is 1. The van der Waals surface area contributed by atoms with Crippen LogP contribution >= 0.6 is 0 Å². The molecule has 1 amide bonds. The van der Waals surface area contributed by atoms with Crippen molar-refractivity contribution in [2.24, 2.45) is 0 Å². The highest BCUT2D eigenvalue weighted by atomic mass is 16.5. The molecule has 0 aliphatic heterocycles. The maximum absolute atomic E-state index is 12.2. The molecule has 5 heteroatoms. The van der Waals surface area contributed by atoms with Gasteiger partial charge in [0.15, 0.2) is 0 Å². The first-order chi connectivity index (χ1) is 9.78. The Morgan fingerprint density at radius 2 is 2.15 bits per heavy atom. The number of benzene rings is 1. The van der Waals surface area contributed by atoms with E-state index >= 15 is 0 Å². The maximum Gasteiger partial charge on any atom is 0.258 e. The Hall–Kier alpha value is -2.82. The number of carbonyl (C=O) groups is 1. The number of amides is 1. The van der Waals surface area contributed by atoms with Gasteiger partial charge in [0.25, 0.3) is 5.91 Å². The predicted octanol–water partition coefficient (Wildman–Crippen LogP) is 2.60. The summed E-state index contributed by atoms with van der Waals surface area (Å²) in [6.07, 6.45) is 3.56. The lowest BCUT2D eigenvalue weighted by atomic mass is 10.2. The number of hydrogen-bond acceptors (Lipinski definition) is 3. The summed E-state index contributed by atoms with van der Waals surface area (Å²) in [5, 5.41) is 2.79. The molecular weight excluding hydrogens is 254 g/mol. The van der Waals surface area contributed by atoms with Crippen LogP contribution in [0.25, 0.3) is 5.52 Å². The normalized spacial score (nSPS) is 10.4. The van der Waals surface area contributed by atoms with Gasteiger partial charge < -0.3 is 4.74 Å². The number of fused-ring (bicyclic) bond motifs is 1. The van der Waals surface area contributed by atoms with Crippen LogP contribution in [0.15, 0.2) is 54.9 Å². The summed E-state index contributed by atoms with van der Waals surface area (Å²) >= 11 is 0. The van der Waals surface area contributed by atoms with E-state index in [1.165, 1.54) is 0 Å². The first-order valence-corrected chi connectivity index (χ1v) is 6.15. The predicted molar refractivity (Wildman–Crippen MR) is 76.1 cm³/mol. The van der Waals surface area contributed by atoms with Crippen molar-refractivity contribution in [2.45, 2.75) is 0 Å². The SMILES string of the molecule is COc1cccc(C(=O)Nc2ncc3ccccn23)c1. The van der Waals surface area contributed by atoms with Gasteiger partial charge in [-0.1, -0.05) is 12.1 Å². The molecule has 2 heterocycles. The largest absolute Gasteiger partial charge is 0.497 e. The lowest BCUT2D eigenvalue weighted by molar-refractivity contribution is 0.102. The number of pyridine rings is 1. The smallest absolute Gasteiger partial charge is 0.258 e. The van der Waals surface area contributed by atoms with Crippen LogP contribution < -0.4 is 10.1 Å². The van der Waals surface area contributed by atoms with Gasteiger partial charge in [0.1, 0.15) is 5.75 Å². The summed E-state index contributed by atoms with van der Waals surface area (Å²) in [6.45, 7) is 0. The molecule has 5 nitrogen and oxygen atoms in total. The van der Waals surface area contributed by atoms with Crippen molar-refractivity contribution in [3.8, 4) is 5.75 Å². The van der Waals surface area contributed by atoms with E-state index in [1.54, 1.807) is 37.6 Å². The van der Waals surface area contributed by atoms with Crippen LogP contribution in [0.2, 0.25) is 0 Å². The van der Waals surface area contributed by atoms with Crippen molar-refractivity contribution >= 4 is 17.4 Å². The van der Waals surface area contributed by atoms with Crippen LogP contribution in [0.4, 0.5) is 5.95 Å². The second kappa shape index (κ2) is 5.05. The van der Waals surface area contributed by atoms with E-state index in [2.05, 4.69) is 10.3 Å². The Balaban J connectivity index is 1.88. The molecule has 0 saturated heterocycles. The van der Waals surface area contributed by atoms with Gasteiger partial charge in [0.05, 0.1) is 18.8 Å². The van der Waals surface area contributed by atoms with Crippen LogP contribution in [0.3, 0.4) is 0 Å². The molecule has 20 heavy (non-hydrogen) atoms. The molecule has 3 rings (SSSR count). The van der Waals surface area contributed by atoms with Crippen LogP contribution in [0.1, 0.15) is 10.4 Å².